The standard InChI is InChI=1S/C30H33N3O2/c34-26(18-24-22-8-4-5-9-23(22)25-19-31-20-33(24)25)28-10-13-29(14-11-28,15-12-28)27(35)32-30(16-17-30)21-6-2-1-3-7-21/h1-9,19-20,24,26,34H,10-18H2,(H,32,35). The molecule has 4 aliphatic carbocycles. The largest absolute Gasteiger partial charge is 0.392 e. The second kappa shape index (κ2) is 7.54. The molecule has 8 rings (SSSR count). The monoisotopic (exact) mass is 467 g/mol. The zero-order valence-electron chi connectivity index (χ0n) is 20.1. The summed E-state index contributed by atoms with van der Waals surface area (Å²) < 4.78 is 2.23. The lowest BCUT2D eigenvalue weighted by atomic mass is 9.51. The number of nitrogens with one attached hydrogen (secondary N) is 1. The van der Waals surface area contributed by atoms with Crippen LogP contribution < -0.4 is 5.32 Å². The van der Waals surface area contributed by atoms with Crippen LogP contribution in [0.5, 0.6) is 0 Å². The zero-order valence-corrected chi connectivity index (χ0v) is 20.1. The van der Waals surface area contributed by atoms with Crippen LogP contribution in [-0.4, -0.2) is 26.7 Å². The van der Waals surface area contributed by atoms with Crippen molar-refractivity contribution >= 4 is 5.91 Å². The molecule has 2 unspecified atom stereocenters. The van der Waals surface area contributed by atoms with E-state index < -0.39 is 0 Å². The predicted octanol–water partition coefficient (Wildman–Crippen LogP) is 5.35. The van der Waals surface area contributed by atoms with Gasteiger partial charge in [-0.15, -0.1) is 0 Å². The minimum absolute atomic E-state index is 0.0724. The molecule has 5 heteroatoms. The molecule has 35 heavy (non-hydrogen) atoms. The minimum atomic E-state index is -0.380. The number of aliphatic hydroxyl groups is 1. The van der Waals surface area contributed by atoms with Crippen LogP contribution in [0.25, 0.3) is 11.3 Å². The smallest absolute Gasteiger partial charge is 0.226 e. The molecule has 2 N–H and O–H groups in total. The third-order valence-corrected chi connectivity index (χ3v) is 9.97. The highest BCUT2D eigenvalue weighted by atomic mass is 16.3. The molecule has 0 radical (unpaired) electrons. The number of fused-ring (bicyclic) bond motifs is 6. The maximum Gasteiger partial charge on any atom is 0.226 e. The molecule has 2 bridgehead atoms. The van der Waals surface area contributed by atoms with E-state index in [1.165, 1.54) is 16.7 Å². The van der Waals surface area contributed by atoms with Crippen molar-refractivity contribution in [2.24, 2.45) is 10.8 Å². The van der Waals surface area contributed by atoms with Crippen molar-refractivity contribution in [3.63, 3.8) is 0 Å². The maximum absolute atomic E-state index is 13.6. The number of carbonyl (C=O) groups excluding carboxylic acids is 1. The number of nitrogens with zero attached hydrogens (tertiary/aromatic N) is 2. The maximum atomic E-state index is 13.6. The first kappa shape index (κ1) is 21.4. The zero-order chi connectivity index (χ0) is 23.7. The first-order chi connectivity index (χ1) is 17.0. The van der Waals surface area contributed by atoms with Crippen molar-refractivity contribution < 1.29 is 9.90 Å². The van der Waals surface area contributed by atoms with Gasteiger partial charge >= 0.3 is 0 Å². The molecule has 4 fully saturated rings. The van der Waals surface area contributed by atoms with E-state index in [4.69, 9.17) is 0 Å². The van der Waals surface area contributed by atoms with E-state index in [9.17, 15) is 9.90 Å². The van der Waals surface area contributed by atoms with Gasteiger partial charge in [-0.2, -0.15) is 0 Å². The third kappa shape index (κ3) is 3.17. The quantitative estimate of drug-likeness (QED) is 0.514. The summed E-state index contributed by atoms with van der Waals surface area (Å²) >= 11 is 0. The molecule has 1 amide bonds. The fourth-order valence-corrected chi connectivity index (χ4v) is 7.41. The first-order valence-corrected chi connectivity index (χ1v) is 13.2. The van der Waals surface area contributed by atoms with Crippen LogP contribution in [0.2, 0.25) is 0 Å². The number of hydrogen-bond donors (Lipinski definition) is 2. The van der Waals surface area contributed by atoms with Gasteiger partial charge in [0.05, 0.1) is 35.9 Å². The van der Waals surface area contributed by atoms with Crippen LogP contribution in [0, 0.1) is 10.8 Å². The minimum Gasteiger partial charge on any atom is -0.392 e. The summed E-state index contributed by atoms with van der Waals surface area (Å²) in [7, 11) is 0. The number of hydrogen-bond acceptors (Lipinski definition) is 3. The molecule has 2 atom stereocenters. The Morgan fingerprint density at radius 3 is 2.37 bits per heavy atom. The Kier molecular flexibility index (Phi) is 4.60. The molecule has 2 aromatic carbocycles. The molecule has 0 saturated heterocycles. The summed E-state index contributed by atoms with van der Waals surface area (Å²) in [6.07, 6.45) is 11.7. The predicted molar refractivity (Wildman–Crippen MR) is 134 cm³/mol. The van der Waals surface area contributed by atoms with E-state index in [2.05, 4.69) is 63.4 Å². The average Bonchev–Trinajstić information content (AvgIpc) is 3.43. The van der Waals surface area contributed by atoms with Crippen molar-refractivity contribution in [1.29, 1.82) is 0 Å². The Morgan fingerprint density at radius 2 is 1.66 bits per heavy atom. The topological polar surface area (TPSA) is 67.2 Å². The fraction of sp³-hybridized carbons (Fsp3) is 0.467. The number of rotatable bonds is 6. The van der Waals surface area contributed by atoms with Crippen LogP contribution >= 0.6 is 0 Å². The Bertz CT molecular complexity index is 1250. The van der Waals surface area contributed by atoms with Crippen LogP contribution in [0.4, 0.5) is 0 Å². The second-order valence-electron chi connectivity index (χ2n) is 11.6. The van der Waals surface area contributed by atoms with Gasteiger partial charge in [0.15, 0.2) is 0 Å². The lowest BCUT2D eigenvalue weighted by molar-refractivity contribution is -0.149. The van der Waals surface area contributed by atoms with E-state index in [1.54, 1.807) is 0 Å². The molecule has 1 aliphatic heterocycles. The van der Waals surface area contributed by atoms with Crippen molar-refractivity contribution in [2.75, 3.05) is 0 Å². The van der Waals surface area contributed by atoms with Crippen molar-refractivity contribution in [3.8, 4) is 11.3 Å². The number of benzene rings is 2. The average molecular weight is 468 g/mol. The Labute approximate surface area is 206 Å². The highest BCUT2D eigenvalue weighted by molar-refractivity contribution is 5.84. The number of imidazole rings is 1. The molecular formula is C30H33N3O2. The van der Waals surface area contributed by atoms with Crippen LogP contribution in [-0.2, 0) is 10.3 Å². The summed E-state index contributed by atoms with van der Waals surface area (Å²) in [5.74, 6) is 0.245. The molecule has 3 aromatic rings. The lowest BCUT2D eigenvalue weighted by Gasteiger charge is -2.55. The molecule has 180 valence electrons. The van der Waals surface area contributed by atoms with Crippen LogP contribution in [0.15, 0.2) is 67.1 Å². The Hall–Kier alpha value is -2.92. The molecular weight excluding hydrogens is 434 g/mol. The van der Waals surface area contributed by atoms with E-state index >= 15 is 0 Å². The summed E-state index contributed by atoms with van der Waals surface area (Å²) in [6, 6.07) is 19.1. The van der Waals surface area contributed by atoms with Gasteiger partial charge in [0.2, 0.25) is 5.91 Å². The lowest BCUT2D eigenvalue weighted by Crippen LogP contribution is -2.55. The summed E-state index contributed by atoms with van der Waals surface area (Å²) in [5, 5.41) is 15.1. The first-order valence-electron chi connectivity index (χ1n) is 13.2. The van der Waals surface area contributed by atoms with Crippen LogP contribution in [0.1, 0.15) is 75.0 Å². The normalized spacial score (nSPS) is 30.4. The van der Waals surface area contributed by atoms with E-state index in [1.807, 2.05) is 18.6 Å². The number of aromatic nitrogens is 2. The SMILES string of the molecule is O=C(NC1(c2ccccc2)CC1)C12CCC(C(O)CC3c4ccccc4-c4cncn43)(CC1)CC2. The summed E-state index contributed by atoms with van der Waals surface area (Å²) in [5.41, 5.74) is 4.41. The molecule has 1 aromatic heterocycles. The highest BCUT2D eigenvalue weighted by Gasteiger charge is 2.57. The van der Waals surface area contributed by atoms with Gasteiger partial charge in [-0.05, 0) is 74.3 Å². The number of aliphatic hydroxyl groups excluding tert-OH is 1. The third-order valence-electron chi connectivity index (χ3n) is 9.97. The molecule has 0 spiro atoms. The van der Waals surface area contributed by atoms with Crippen LogP contribution in [0.3, 0.4) is 0 Å². The summed E-state index contributed by atoms with van der Waals surface area (Å²) in [4.78, 5) is 18.0. The molecule has 2 heterocycles. The van der Waals surface area contributed by atoms with Gasteiger partial charge in [-0.25, -0.2) is 4.98 Å². The van der Waals surface area contributed by atoms with Gasteiger partial charge in [0, 0.05) is 11.0 Å². The van der Waals surface area contributed by atoms with Crippen molar-refractivity contribution in [2.45, 2.75) is 75.5 Å². The van der Waals surface area contributed by atoms with E-state index in [0.717, 1.165) is 57.1 Å². The second-order valence-corrected chi connectivity index (χ2v) is 11.6. The Balaban J connectivity index is 1.06. The number of amides is 1. The number of carbonyl (C=O) groups is 1. The van der Waals surface area contributed by atoms with Gasteiger partial charge in [0.1, 0.15) is 0 Å². The van der Waals surface area contributed by atoms with Gasteiger partial charge in [-0.1, -0.05) is 54.6 Å². The van der Waals surface area contributed by atoms with Gasteiger partial charge in [-0.3, -0.25) is 4.79 Å². The molecule has 4 saturated carbocycles. The molecule has 5 nitrogen and oxygen atoms in total. The van der Waals surface area contributed by atoms with E-state index in [0.29, 0.717) is 6.42 Å². The summed E-state index contributed by atoms with van der Waals surface area (Å²) in [6.45, 7) is 0. The Morgan fingerprint density at radius 1 is 0.971 bits per heavy atom. The fourth-order valence-electron chi connectivity index (χ4n) is 7.41. The molecule has 5 aliphatic rings. The van der Waals surface area contributed by atoms with Gasteiger partial charge in [0.25, 0.3) is 0 Å². The van der Waals surface area contributed by atoms with Crippen molar-refractivity contribution in [3.05, 3.63) is 78.2 Å². The highest BCUT2D eigenvalue weighted by Crippen LogP contribution is 2.60. The van der Waals surface area contributed by atoms with Crippen molar-refractivity contribution in [1.82, 2.24) is 14.9 Å². The van der Waals surface area contributed by atoms with E-state index in [-0.39, 0.29) is 34.4 Å². The van der Waals surface area contributed by atoms with Gasteiger partial charge < -0.3 is 15.0 Å².